The van der Waals surface area contributed by atoms with Crippen LogP contribution >= 0.6 is 0 Å². The summed E-state index contributed by atoms with van der Waals surface area (Å²) in [7, 11) is 1.21. The quantitative estimate of drug-likeness (QED) is 0.485. The standard InChI is InChI=1S/C13H16N2O4/c1-19-13(16)11-8-10(4-5-12(11)15(17)18)14-7-6-9-2-3-9/h4-5,8-9,14H,2-3,6-7H2,1H3. The number of nitro benzene ring substituents is 1. The van der Waals surface area contributed by atoms with E-state index < -0.39 is 10.9 Å². The van der Waals surface area contributed by atoms with E-state index in [-0.39, 0.29) is 11.3 Å². The van der Waals surface area contributed by atoms with E-state index in [1.54, 1.807) is 6.07 Å². The summed E-state index contributed by atoms with van der Waals surface area (Å²) < 4.78 is 4.56. The molecule has 0 radical (unpaired) electrons. The Kier molecular flexibility index (Phi) is 3.99. The van der Waals surface area contributed by atoms with Gasteiger partial charge in [0, 0.05) is 18.3 Å². The van der Waals surface area contributed by atoms with Gasteiger partial charge in [-0.25, -0.2) is 4.79 Å². The summed E-state index contributed by atoms with van der Waals surface area (Å²) in [4.78, 5) is 21.8. The lowest BCUT2D eigenvalue weighted by atomic mass is 10.1. The van der Waals surface area contributed by atoms with Gasteiger partial charge in [-0.15, -0.1) is 0 Å². The van der Waals surface area contributed by atoms with E-state index in [4.69, 9.17) is 0 Å². The molecule has 6 nitrogen and oxygen atoms in total. The number of nitrogens with one attached hydrogen (secondary N) is 1. The molecular weight excluding hydrogens is 248 g/mol. The maximum absolute atomic E-state index is 11.5. The highest BCUT2D eigenvalue weighted by atomic mass is 16.6. The van der Waals surface area contributed by atoms with Crippen LogP contribution in [0.5, 0.6) is 0 Å². The van der Waals surface area contributed by atoms with Crippen LogP contribution in [0, 0.1) is 16.0 Å². The van der Waals surface area contributed by atoms with E-state index in [9.17, 15) is 14.9 Å². The highest BCUT2D eigenvalue weighted by molar-refractivity contribution is 5.95. The molecule has 0 heterocycles. The first kappa shape index (κ1) is 13.3. The van der Waals surface area contributed by atoms with Crippen molar-refractivity contribution in [3.63, 3.8) is 0 Å². The Morgan fingerprint density at radius 3 is 2.84 bits per heavy atom. The van der Waals surface area contributed by atoms with Gasteiger partial charge in [0.05, 0.1) is 12.0 Å². The molecule has 1 aromatic carbocycles. The molecule has 0 aromatic heterocycles. The van der Waals surface area contributed by atoms with Gasteiger partial charge in [-0.3, -0.25) is 10.1 Å². The third-order valence-electron chi connectivity index (χ3n) is 3.18. The minimum atomic E-state index is -0.697. The zero-order chi connectivity index (χ0) is 13.8. The van der Waals surface area contributed by atoms with Crippen LogP contribution in [0.1, 0.15) is 29.6 Å². The van der Waals surface area contributed by atoms with E-state index in [1.807, 2.05) is 0 Å². The molecule has 102 valence electrons. The predicted molar refractivity (Wildman–Crippen MR) is 70.3 cm³/mol. The fourth-order valence-corrected chi connectivity index (χ4v) is 1.91. The van der Waals surface area contributed by atoms with Crippen LogP contribution in [0.15, 0.2) is 18.2 Å². The minimum absolute atomic E-state index is 0.0241. The first-order chi connectivity index (χ1) is 9.11. The molecule has 0 atom stereocenters. The number of nitrogens with zero attached hydrogens (tertiary/aromatic N) is 1. The van der Waals surface area contributed by atoms with E-state index in [2.05, 4.69) is 10.1 Å². The van der Waals surface area contributed by atoms with Crippen molar-refractivity contribution in [1.82, 2.24) is 0 Å². The van der Waals surface area contributed by atoms with Crippen molar-refractivity contribution in [2.75, 3.05) is 19.0 Å². The van der Waals surface area contributed by atoms with Crippen LogP contribution in [-0.4, -0.2) is 24.5 Å². The molecule has 19 heavy (non-hydrogen) atoms. The predicted octanol–water partition coefficient (Wildman–Crippen LogP) is 2.59. The van der Waals surface area contributed by atoms with Crippen LogP contribution in [0.2, 0.25) is 0 Å². The lowest BCUT2D eigenvalue weighted by Crippen LogP contribution is -2.08. The van der Waals surface area contributed by atoms with Gasteiger partial charge < -0.3 is 10.1 Å². The van der Waals surface area contributed by atoms with Gasteiger partial charge in [0.25, 0.3) is 5.69 Å². The number of benzene rings is 1. The summed E-state index contributed by atoms with van der Waals surface area (Å²) in [5, 5.41) is 14.0. The molecule has 0 saturated heterocycles. The fourth-order valence-electron chi connectivity index (χ4n) is 1.91. The molecule has 1 saturated carbocycles. The number of ether oxygens (including phenoxy) is 1. The van der Waals surface area contributed by atoms with E-state index >= 15 is 0 Å². The second kappa shape index (κ2) is 5.69. The van der Waals surface area contributed by atoms with E-state index in [0.717, 1.165) is 18.9 Å². The smallest absolute Gasteiger partial charge is 0.344 e. The molecule has 0 aliphatic heterocycles. The molecule has 1 aromatic rings. The normalized spacial score (nSPS) is 13.9. The van der Waals surface area contributed by atoms with Crippen molar-refractivity contribution < 1.29 is 14.5 Å². The highest BCUT2D eigenvalue weighted by Crippen LogP contribution is 2.32. The molecule has 1 aliphatic rings. The summed E-state index contributed by atoms with van der Waals surface area (Å²) in [6.07, 6.45) is 3.66. The second-order valence-electron chi connectivity index (χ2n) is 4.64. The molecule has 0 bridgehead atoms. The van der Waals surface area contributed by atoms with Gasteiger partial charge in [0.1, 0.15) is 5.56 Å². The van der Waals surface area contributed by atoms with Gasteiger partial charge >= 0.3 is 5.97 Å². The molecule has 1 fully saturated rings. The van der Waals surface area contributed by atoms with Crippen LogP contribution in [0.25, 0.3) is 0 Å². The second-order valence-corrected chi connectivity index (χ2v) is 4.64. The SMILES string of the molecule is COC(=O)c1cc(NCCC2CC2)ccc1[N+](=O)[O-]. The lowest BCUT2D eigenvalue weighted by Gasteiger charge is -2.08. The van der Waals surface area contributed by atoms with Gasteiger partial charge in [0.15, 0.2) is 0 Å². The van der Waals surface area contributed by atoms with Crippen molar-refractivity contribution in [2.24, 2.45) is 5.92 Å². The molecule has 2 rings (SSSR count). The summed E-state index contributed by atoms with van der Waals surface area (Å²) in [5.74, 6) is 0.114. The van der Waals surface area contributed by atoms with Gasteiger partial charge in [-0.2, -0.15) is 0 Å². The zero-order valence-corrected chi connectivity index (χ0v) is 10.7. The number of carbonyl (C=O) groups excluding carboxylic acids is 1. The number of methoxy groups -OCH3 is 1. The third kappa shape index (κ3) is 3.43. The number of hydrogen-bond donors (Lipinski definition) is 1. The molecular formula is C13H16N2O4. The van der Waals surface area contributed by atoms with Crippen molar-refractivity contribution in [3.8, 4) is 0 Å². The Labute approximate surface area is 110 Å². The molecule has 6 heteroatoms. The minimum Gasteiger partial charge on any atom is -0.465 e. The monoisotopic (exact) mass is 264 g/mol. The van der Waals surface area contributed by atoms with Crippen LogP contribution in [0.4, 0.5) is 11.4 Å². The van der Waals surface area contributed by atoms with Crippen molar-refractivity contribution >= 4 is 17.3 Å². The molecule has 0 unspecified atom stereocenters. The maximum atomic E-state index is 11.5. The van der Waals surface area contributed by atoms with Gasteiger partial charge in [-0.1, -0.05) is 12.8 Å². The first-order valence-electron chi connectivity index (χ1n) is 6.22. The number of carbonyl (C=O) groups is 1. The Morgan fingerprint density at radius 1 is 1.53 bits per heavy atom. The van der Waals surface area contributed by atoms with Crippen molar-refractivity contribution in [3.05, 3.63) is 33.9 Å². The van der Waals surface area contributed by atoms with E-state index in [0.29, 0.717) is 5.69 Å². The molecule has 1 N–H and O–H groups in total. The summed E-state index contributed by atoms with van der Waals surface area (Å²) >= 11 is 0. The maximum Gasteiger partial charge on any atom is 0.344 e. The molecule has 0 spiro atoms. The largest absolute Gasteiger partial charge is 0.465 e. The van der Waals surface area contributed by atoms with Crippen LogP contribution < -0.4 is 5.32 Å². The number of hydrogen-bond acceptors (Lipinski definition) is 5. The van der Waals surface area contributed by atoms with Crippen molar-refractivity contribution in [1.29, 1.82) is 0 Å². The third-order valence-corrected chi connectivity index (χ3v) is 3.18. The summed E-state index contributed by atoms with van der Waals surface area (Å²) in [6.45, 7) is 0.809. The Bertz CT molecular complexity index is 497. The number of anilines is 1. The first-order valence-corrected chi connectivity index (χ1v) is 6.22. The number of esters is 1. The number of nitro groups is 1. The summed E-state index contributed by atoms with van der Waals surface area (Å²) in [6, 6.07) is 4.40. The lowest BCUT2D eigenvalue weighted by molar-refractivity contribution is -0.385. The fraction of sp³-hybridized carbons (Fsp3) is 0.462. The Morgan fingerprint density at radius 2 is 2.26 bits per heavy atom. The van der Waals surface area contributed by atoms with Gasteiger partial charge in [0.2, 0.25) is 0 Å². The van der Waals surface area contributed by atoms with Crippen LogP contribution in [-0.2, 0) is 4.74 Å². The highest BCUT2D eigenvalue weighted by Gasteiger charge is 2.22. The van der Waals surface area contributed by atoms with Crippen LogP contribution in [0.3, 0.4) is 0 Å². The topological polar surface area (TPSA) is 81.5 Å². The number of rotatable bonds is 6. The van der Waals surface area contributed by atoms with Gasteiger partial charge in [-0.05, 0) is 24.5 Å². The zero-order valence-electron chi connectivity index (χ0n) is 10.7. The van der Waals surface area contributed by atoms with Crippen molar-refractivity contribution in [2.45, 2.75) is 19.3 Å². The molecule has 0 amide bonds. The molecule has 1 aliphatic carbocycles. The Hall–Kier alpha value is -2.11. The Balaban J connectivity index is 2.11. The van der Waals surface area contributed by atoms with E-state index in [1.165, 1.54) is 32.1 Å². The average Bonchev–Trinajstić information content (AvgIpc) is 3.21. The average molecular weight is 264 g/mol. The summed E-state index contributed by atoms with van der Waals surface area (Å²) in [5.41, 5.74) is 0.440.